The van der Waals surface area contributed by atoms with Crippen molar-refractivity contribution in [3.05, 3.63) is 64.2 Å². The van der Waals surface area contributed by atoms with Crippen molar-refractivity contribution in [1.29, 1.82) is 0 Å². The normalized spacial score (nSPS) is 10.2. The van der Waals surface area contributed by atoms with Crippen LogP contribution in [0.5, 0.6) is 5.75 Å². The Morgan fingerprint density at radius 1 is 1.15 bits per heavy atom. The summed E-state index contributed by atoms with van der Waals surface area (Å²) in [6.45, 7) is 0. The number of pyridine rings is 3. The molecule has 0 saturated heterocycles. The van der Waals surface area contributed by atoms with Gasteiger partial charge in [-0.25, -0.2) is 4.98 Å². The Bertz CT molecular complexity index is 817. The molecule has 0 aliphatic rings. The van der Waals surface area contributed by atoms with Gasteiger partial charge in [0.05, 0.1) is 5.52 Å². The summed E-state index contributed by atoms with van der Waals surface area (Å²) in [6, 6.07) is 10.5. The van der Waals surface area contributed by atoms with Crippen molar-refractivity contribution in [2.24, 2.45) is 0 Å². The number of aromatic nitrogens is 2. The van der Waals surface area contributed by atoms with Gasteiger partial charge in [-0.15, -0.1) is 0 Å². The first kappa shape index (κ1) is 14.4. The van der Waals surface area contributed by atoms with Crippen molar-refractivity contribution in [2.45, 2.75) is 0 Å². The molecule has 0 fully saturated rings. The predicted molar refractivity (Wildman–Crippen MR) is 72.3 cm³/mol. The van der Waals surface area contributed by atoms with Crippen LogP contribution in [0.15, 0.2) is 53.6 Å². The van der Waals surface area contributed by atoms with Gasteiger partial charge in [0.15, 0.2) is 17.5 Å². The summed E-state index contributed by atoms with van der Waals surface area (Å²) in [7, 11) is 0. The highest BCUT2D eigenvalue weighted by Crippen LogP contribution is 2.33. The fourth-order valence-electron chi connectivity index (χ4n) is 2.04. The number of hydrogen-bond acceptors (Lipinski definition) is 2. The first-order chi connectivity index (χ1) is 9.20. The molecule has 0 spiro atoms. The average Bonchev–Trinajstić information content (AvgIpc) is 2.46. The van der Waals surface area contributed by atoms with Crippen molar-refractivity contribution >= 4 is 17.1 Å². The van der Waals surface area contributed by atoms with E-state index < -0.39 is 0 Å². The molecular formula is C14H10Cl2N2O2. The first-order valence-corrected chi connectivity index (χ1v) is 6.07. The van der Waals surface area contributed by atoms with Crippen LogP contribution in [0.1, 0.15) is 0 Å². The number of hydrogen-bond donors (Lipinski definition) is 1. The zero-order chi connectivity index (χ0) is 13.4. The van der Waals surface area contributed by atoms with Gasteiger partial charge in [-0.2, -0.15) is 0 Å². The van der Waals surface area contributed by atoms with E-state index in [0.29, 0.717) is 11.2 Å². The molecule has 0 aromatic carbocycles. The molecule has 2 N–H and O–H groups in total. The molecular weight excluding hydrogens is 299 g/mol. The highest BCUT2D eigenvalue weighted by atomic mass is 35.5. The third-order valence-electron chi connectivity index (χ3n) is 2.94. The summed E-state index contributed by atoms with van der Waals surface area (Å²) in [5.41, 5.74) is 0.839. The molecule has 0 bridgehead atoms. The average molecular weight is 309 g/mol. The molecule has 3 aromatic heterocycles. The number of halogens is 2. The fraction of sp³-hybridized carbons (Fsp3) is 0. The van der Waals surface area contributed by atoms with Crippen molar-refractivity contribution < 1.29 is 22.5 Å². The standard InChI is InChI=1S/C14H9ClN2O2.ClH/c15-12-10-6-2-4-8-17(10)14(19)11(13(12)18)9-5-1-3-7-16-9;/h1-8,18H;1H. The molecule has 0 unspecified atom stereocenters. The van der Waals surface area contributed by atoms with Crippen LogP contribution in [-0.4, -0.2) is 9.51 Å². The van der Waals surface area contributed by atoms with Crippen LogP contribution in [0.4, 0.5) is 0 Å². The minimum Gasteiger partial charge on any atom is -1.00 e. The molecule has 0 radical (unpaired) electrons. The number of aromatic hydroxyl groups is 1. The van der Waals surface area contributed by atoms with Gasteiger partial charge >= 0.3 is 0 Å². The lowest BCUT2D eigenvalue weighted by Crippen LogP contribution is -3.00. The summed E-state index contributed by atoms with van der Waals surface area (Å²) in [5.74, 6) is -0.208. The van der Waals surface area contributed by atoms with E-state index in [9.17, 15) is 9.90 Å². The van der Waals surface area contributed by atoms with Crippen LogP contribution in [0.2, 0.25) is 5.02 Å². The van der Waals surface area contributed by atoms with Crippen LogP contribution in [0, 0.1) is 0 Å². The van der Waals surface area contributed by atoms with E-state index in [1.54, 1.807) is 48.8 Å². The van der Waals surface area contributed by atoms with Gasteiger partial charge in [0.1, 0.15) is 5.02 Å². The van der Waals surface area contributed by atoms with Crippen molar-refractivity contribution in [2.75, 3.05) is 0 Å². The zero-order valence-electron chi connectivity index (χ0n) is 10.2. The number of nitrogens with zero attached hydrogens (tertiary/aromatic N) is 1. The van der Waals surface area contributed by atoms with Crippen molar-refractivity contribution in [3.63, 3.8) is 0 Å². The van der Waals surface area contributed by atoms with Gasteiger partial charge in [0.2, 0.25) is 5.69 Å². The first-order valence-electron chi connectivity index (χ1n) is 5.69. The smallest absolute Gasteiger partial charge is 0.273 e. The summed E-state index contributed by atoms with van der Waals surface area (Å²) in [6.07, 6.45) is 3.30. The monoisotopic (exact) mass is 308 g/mol. The maximum Gasteiger partial charge on any atom is 0.273 e. The Morgan fingerprint density at radius 3 is 2.60 bits per heavy atom. The van der Waals surface area contributed by atoms with Crippen molar-refractivity contribution in [1.82, 2.24) is 4.40 Å². The predicted octanol–water partition coefficient (Wildman–Crippen LogP) is -0.856. The zero-order valence-corrected chi connectivity index (χ0v) is 11.7. The number of aromatic amines is 1. The van der Waals surface area contributed by atoms with Crippen LogP contribution >= 0.6 is 11.6 Å². The second-order valence-electron chi connectivity index (χ2n) is 4.07. The Labute approximate surface area is 125 Å². The number of fused-ring (bicyclic) bond motifs is 1. The van der Waals surface area contributed by atoms with Crippen LogP contribution < -0.4 is 23.0 Å². The lowest BCUT2D eigenvalue weighted by atomic mass is 10.1. The number of H-pyrrole nitrogens is 1. The molecule has 0 aliphatic heterocycles. The van der Waals surface area contributed by atoms with Gasteiger partial charge in [-0.05, 0) is 18.2 Å². The second kappa shape index (κ2) is 5.53. The SMILES string of the molecule is O=c1c(-c2cccc[nH+]2)c(O)c(Cl)c2ccccn12.[Cl-]. The van der Waals surface area contributed by atoms with Crippen molar-refractivity contribution in [3.8, 4) is 17.0 Å². The van der Waals surface area contributed by atoms with E-state index in [0.717, 1.165) is 0 Å². The summed E-state index contributed by atoms with van der Waals surface area (Å²) in [5, 5.41) is 10.3. The lowest BCUT2D eigenvalue weighted by Gasteiger charge is -2.07. The van der Waals surface area contributed by atoms with Crippen LogP contribution in [0.25, 0.3) is 16.8 Å². The number of nitrogens with one attached hydrogen (secondary N) is 1. The van der Waals surface area contributed by atoms with E-state index >= 15 is 0 Å². The Morgan fingerprint density at radius 2 is 1.90 bits per heavy atom. The second-order valence-corrected chi connectivity index (χ2v) is 4.45. The Hall–Kier alpha value is -2.04. The van der Waals surface area contributed by atoms with Crippen LogP contribution in [-0.2, 0) is 0 Å². The molecule has 102 valence electrons. The minimum absolute atomic E-state index is 0. The van der Waals surface area contributed by atoms with E-state index in [2.05, 4.69) is 4.98 Å². The van der Waals surface area contributed by atoms with Gasteiger partial charge in [0.25, 0.3) is 5.56 Å². The Balaban J connectivity index is 0.00000147. The van der Waals surface area contributed by atoms with E-state index in [-0.39, 0.29) is 34.3 Å². The minimum atomic E-state index is -0.319. The van der Waals surface area contributed by atoms with Gasteiger partial charge in [-0.1, -0.05) is 17.7 Å². The molecule has 6 heteroatoms. The molecule has 0 atom stereocenters. The molecule has 0 saturated carbocycles. The maximum atomic E-state index is 12.4. The van der Waals surface area contributed by atoms with Crippen LogP contribution in [0.3, 0.4) is 0 Å². The van der Waals surface area contributed by atoms with E-state index in [1.807, 2.05) is 0 Å². The lowest BCUT2D eigenvalue weighted by molar-refractivity contribution is -0.364. The fourth-order valence-corrected chi connectivity index (χ4v) is 2.29. The molecule has 0 aliphatic carbocycles. The molecule has 3 aromatic rings. The topological polar surface area (TPSA) is 55.8 Å². The molecule has 0 amide bonds. The van der Waals surface area contributed by atoms with Gasteiger partial charge < -0.3 is 17.5 Å². The summed E-state index contributed by atoms with van der Waals surface area (Å²) >= 11 is 6.13. The third-order valence-corrected chi connectivity index (χ3v) is 3.31. The van der Waals surface area contributed by atoms with Gasteiger partial charge in [0, 0.05) is 18.3 Å². The van der Waals surface area contributed by atoms with E-state index in [1.165, 1.54) is 4.40 Å². The molecule has 4 nitrogen and oxygen atoms in total. The molecule has 20 heavy (non-hydrogen) atoms. The molecule has 3 rings (SSSR count). The Kier molecular flexibility index (Phi) is 3.97. The summed E-state index contributed by atoms with van der Waals surface area (Å²) in [4.78, 5) is 15.4. The third kappa shape index (κ3) is 2.13. The maximum absolute atomic E-state index is 12.4. The van der Waals surface area contributed by atoms with Gasteiger partial charge in [-0.3, -0.25) is 9.20 Å². The van der Waals surface area contributed by atoms with E-state index in [4.69, 9.17) is 11.6 Å². The highest BCUT2D eigenvalue weighted by Gasteiger charge is 2.21. The largest absolute Gasteiger partial charge is 1.00 e. The number of rotatable bonds is 1. The highest BCUT2D eigenvalue weighted by molar-refractivity contribution is 6.35. The quantitative estimate of drug-likeness (QED) is 0.636. The molecule has 3 heterocycles. The summed E-state index contributed by atoms with van der Waals surface area (Å²) < 4.78 is 1.41.